The summed E-state index contributed by atoms with van der Waals surface area (Å²) in [7, 11) is 1.30. The van der Waals surface area contributed by atoms with Gasteiger partial charge in [-0.3, -0.25) is 9.59 Å². The molecule has 0 aromatic carbocycles. The molecule has 2 N–H and O–H groups in total. The summed E-state index contributed by atoms with van der Waals surface area (Å²) in [5, 5.41) is 1.98. The number of methoxy groups -OCH3 is 1. The second kappa shape index (κ2) is 9.59. The molecule has 1 aromatic heterocycles. The number of ether oxygens (including phenoxy) is 1. The molecule has 116 valence electrons. The first-order chi connectivity index (χ1) is 10.1. The Balaban J connectivity index is 2.42. The summed E-state index contributed by atoms with van der Waals surface area (Å²) in [6.45, 7) is 4.75. The van der Waals surface area contributed by atoms with E-state index in [1.54, 1.807) is 22.3 Å². The Morgan fingerprint density at radius 2 is 2.38 bits per heavy atom. The van der Waals surface area contributed by atoms with Crippen molar-refractivity contribution in [2.75, 3.05) is 25.2 Å². The second-order valence-electron chi connectivity index (χ2n) is 4.29. The molecule has 0 fully saturated rings. The van der Waals surface area contributed by atoms with E-state index in [4.69, 9.17) is 5.73 Å². The highest BCUT2D eigenvalue weighted by atomic mass is 32.2. The number of rotatable bonds is 9. The zero-order valence-corrected chi connectivity index (χ0v) is 13.6. The fraction of sp³-hybridized carbons (Fsp3) is 0.429. The highest BCUT2D eigenvalue weighted by Gasteiger charge is 2.17. The predicted octanol–water partition coefficient (Wildman–Crippen LogP) is 1.50. The summed E-state index contributed by atoms with van der Waals surface area (Å²) in [6, 6.07) is 3.26. The van der Waals surface area contributed by atoms with Crippen LogP contribution >= 0.6 is 23.1 Å². The molecule has 0 saturated carbocycles. The molecule has 1 heterocycles. The molecule has 0 aliphatic rings. The number of hydrogen-bond acceptors (Lipinski definition) is 6. The molecule has 1 amide bonds. The van der Waals surface area contributed by atoms with Gasteiger partial charge < -0.3 is 15.4 Å². The molecule has 1 unspecified atom stereocenters. The largest absolute Gasteiger partial charge is 0.468 e. The Morgan fingerprint density at radius 1 is 1.62 bits per heavy atom. The van der Waals surface area contributed by atoms with Crippen LogP contribution in [0.1, 0.15) is 4.88 Å². The maximum Gasteiger partial charge on any atom is 0.323 e. The van der Waals surface area contributed by atoms with Crippen LogP contribution in [0.25, 0.3) is 0 Å². The van der Waals surface area contributed by atoms with E-state index in [-0.39, 0.29) is 11.7 Å². The van der Waals surface area contributed by atoms with Crippen LogP contribution < -0.4 is 5.73 Å². The van der Waals surface area contributed by atoms with Gasteiger partial charge >= 0.3 is 5.97 Å². The minimum absolute atomic E-state index is 0.00497. The van der Waals surface area contributed by atoms with Crippen LogP contribution in [0.5, 0.6) is 0 Å². The molecule has 1 rings (SSSR count). The number of carbonyl (C=O) groups excluding carboxylic acids is 2. The van der Waals surface area contributed by atoms with Gasteiger partial charge in [-0.1, -0.05) is 12.1 Å². The molecule has 7 heteroatoms. The van der Waals surface area contributed by atoms with Gasteiger partial charge in [0.2, 0.25) is 5.91 Å². The van der Waals surface area contributed by atoms with Gasteiger partial charge in [-0.25, -0.2) is 0 Å². The highest BCUT2D eigenvalue weighted by molar-refractivity contribution is 8.00. The molecule has 1 aromatic rings. The van der Waals surface area contributed by atoms with Crippen molar-refractivity contribution >= 4 is 35.0 Å². The maximum atomic E-state index is 12.2. The van der Waals surface area contributed by atoms with Crippen LogP contribution in [-0.4, -0.2) is 48.0 Å². The first-order valence-electron chi connectivity index (χ1n) is 6.40. The summed E-state index contributed by atoms with van der Waals surface area (Å²) in [5.74, 6) is 0.185. The number of esters is 1. The lowest BCUT2D eigenvalue weighted by Gasteiger charge is -2.20. The SMILES string of the molecule is C=CCN(Cc1cccs1)C(=O)CSCC(N)C(=O)OC. The van der Waals surface area contributed by atoms with Gasteiger partial charge in [-0.2, -0.15) is 0 Å². The normalized spacial score (nSPS) is 11.7. The Labute approximate surface area is 133 Å². The fourth-order valence-electron chi connectivity index (χ4n) is 1.58. The molecule has 0 spiro atoms. The minimum Gasteiger partial charge on any atom is -0.468 e. The van der Waals surface area contributed by atoms with Gasteiger partial charge in [-0.05, 0) is 11.4 Å². The van der Waals surface area contributed by atoms with E-state index in [0.717, 1.165) is 4.88 Å². The molecular weight excluding hydrogens is 308 g/mol. The zero-order valence-electron chi connectivity index (χ0n) is 12.0. The molecule has 0 aliphatic heterocycles. The average Bonchev–Trinajstić information content (AvgIpc) is 2.98. The first kappa shape index (κ1) is 17.7. The molecule has 0 saturated heterocycles. The van der Waals surface area contributed by atoms with Crippen molar-refractivity contribution in [1.29, 1.82) is 0 Å². The van der Waals surface area contributed by atoms with E-state index in [2.05, 4.69) is 11.3 Å². The monoisotopic (exact) mass is 328 g/mol. The van der Waals surface area contributed by atoms with Gasteiger partial charge in [0, 0.05) is 17.2 Å². The molecule has 21 heavy (non-hydrogen) atoms. The number of hydrogen-bond donors (Lipinski definition) is 1. The third-order valence-electron chi connectivity index (χ3n) is 2.66. The molecule has 0 bridgehead atoms. The van der Waals surface area contributed by atoms with Crippen molar-refractivity contribution in [3.63, 3.8) is 0 Å². The summed E-state index contributed by atoms with van der Waals surface area (Å²) in [6.07, 6.45) is 1.70. The molecule has 0 aliphatic carbocycles. The lowest BCUT2D eigenvalue weighted by Crippen LogP contribution is -2.35. The Morgan fingerprint density at radius 3 is 2.95 bits per heavy atom. The van der Waals surface area contributed by atoms with E-state index in [1.807, 2.05) is 17.5 Å². The summed E-state index contributed by atoms with van der Waals surface area (Å²) in [5.41, 5.74) is 5.62. The van der Waals surface area contributed by atoms with Crippen molar-refractivity contribution in [3.8, 4) is 0 Å². The number of carbonyl (C=O) groups is 2. The summed E-state index contributed by atoms with van der Waals surface area (Å²) < 4.78 is 4.54. The number of thioether (sulfide) groups is 1. The Kier molecular flexibility index (Phi) is 8.11. The van der Waals surface area contributed by atoms with E-state index in [9.17, 15) is 9.59 Å². The summed E-state index contributed by atoms with van der Waals surface area (Å²) >= 11 is 2.95. The molecule has 5 nitrogen and oxygen atoms in total. The minimum atomic E-state index is -0.696. The Hall–Kier alpha value is -1.31. The molecule has 0 radical (unpaired) electrons. The molecule has 1 atom stereocenters. The quantitative estimate of drug-likeness (QED) is 0.549. The van der Waals surface area contributed by atoms with Gasteiger partial charge in [0.25, 0.3) is 0 Å². The van der Waals surface area contributed by atoms with E-state index >= 15 is 0 Å². The summed E-state index contributed by atoms with van der Waals surface area (Å²) in [4.78, 5) is 26.2. The standard InChI is InChI=1S/C14H20N2O3S2/c1-3-6-16(8-11-5-4-7-21-11)13(17)10-20-9-12(15)14(18)19-2/h3-5,7,12H,1,6,8-10,15H2,2H3. The Bertz CT molecular complexity index is 463. The van der Waals surface area contributed by atoms with Crippen molar-refractivity contribution < 1.29 is 14.3 Å². The molecular formula is C14H20N2O3S2. The zero-order chi connectivity index (χ0) is 15.7. The van der Waals surface area contributed by atoms with E-state index in [0.29, 0.717) is 18.8 Å². The topological polar surface area (TPSA) is 72.6 Å². The van der Waals surface area contributed by atoms with Crippen molar-refractivity contribution in [2.45, 2.75) is 12.6 Å². The number of nitrogens with zero attached hydrogens (tertiary/aromatic N) is 1. The first-order valence-corrected chi connectivity index (χ1v) is 8.44. The number of thiophene rings is 1. The predicted molar refractivity (Wildman–Crippen MR) is 87.2 cm³/mol. The van der Waals surface area contributed by atoms with Crippen LogP contribution in [0.2, 0.25) is 0 Å². The average molecular weight is 328 g/mol. The van der Waals surface area contributed by atoms with Crippen LogP contribution in [0, 0.1) is 0 Å². The van der Waals surface area contributed by atoms with Crippen LogP contribution in [0.15, 0.2) is 30.2 Å². The fourth-order valence-corrected chi connectivity index (χ4v) is 3.17. The lowest BCUT2D eigenvalue weighted by molar-refractivity contribution is -0.141. The van der Waals surface area contributed by atoms with Crippen LogP contribution in [0.3, 0.4) is 0 Å². The number of amides is 1. The van der Waals surface area contributed by atoms with Crippen molar-refractivity contribution in [2.24, 2.45) is 5.73 Å². The van der Waals surface area contributed by atoms with Crippen LogP contribution in [0.4, 0.5) is 0 Å². The third kappa shape index (κ3) is 6.33. The van der Waals surface area contributed by atoms with Gasteiger partial charge in [0.05, 0.1) is 19.4 Å². The second-order valence-corrected chi connectivity index (χ2v) is 6.35. The lowest BCUT2D eigenvalue weighted by atomic mass is 10.4. The van der Waals surface area contributed by atoms with Gasteiger partial charge in [0.15, 0.2) is 0 Å². The van der Waals surface area contributed by atoms with E-state index < -0.39 is 12.0 Å². The van der Waals surface area contributed by atoms with Crippen molar-refractivity contribution in [3.05, 3.63) is 35.0 Å². The smallest absolute Gasteiger partial charge is 0.323 e. The maximum absolute atomic E-state index is 12.2. The van der Waals surface area contributed by atoms with E-state index in [1.165, 1.54) is 18.9 Å². The highest BCUT2D eigenvalue weighted by Crippen LogP contribution is 2.13. The van der Waals surface area contributed by atoms with Gasteiger partial charge in [-0.15, -0.1) is 29.7 Å². The van der Waals surface area contributed by atoms with Crippen LogP contribution in [-0.2, 0) is 20.9 Å². The number of nitrogens with two attached hydrogens (primary N) is 1. The third-order valence-corrected chi connectivity index (χ3v) is 4.56. The van der Waals surface area contributed by atoms with Crippen molar-refractivity contribution in [1.82, 2.24) is 4.90 Å². The van der Waals surface area contributed by atoms with Gasteiger partial charge in [0.1, 0.15) is 6.04 Å².